The minimum absolute atomic E-state index is 0.0220. The quantitative estimate of drug-likeness (QED) is 0.225. The van der Waals surface area contributed by atoms with Crippen LogP contribution in [0, 0.1) is 25.5 Å². The molecule has 1 fully saturated rings. The van der Waals surface area contributed by atoms with E-state index in [9.17, 15) is 23.2 Å². The number of aromatic amines is 2. The number of benzene rings is 2. The van der Waals surface area contributed by atoms with Gasteiger partial charge in [0.15, 0.2) is 6.29 Å². The molecule has 0 spiro atoms. The van der Waals surface area contributed by atoms with E-state index in [0.29, 0.717) is 35.0 Å². The summed E-state index contributed by atoms with van der Waals surface area (Å²) in [6.07, 6.45) is 2.60. The number of ether oxygens (including phenoxy) is 2. The Hall–Kier alpha value is -4.45. The third-order valence-corrected chi connectivity index (χ3v) is 7.82. The molecular weight excluding hydrogens is 596 g/mol. The molecule has 250 valence electrons. The van der Waals surface area contributed by atoms with Gasteiger partial charge in [0.2, 0.25) is 0 Å². The van der Waals surface area contributed by atoms with E-state index in [1.54, 1.807) is 18.2 Å². The Balaban J connectivity index is 0.000000225. The Kier molecular flexibility index (Phi) is 12.7. The van der Waals surface area contributed by atoms with Crippen LogP contribution in [0.2, 0.25) is 0 Å². The lowest BCUT2D eigenvalue weighted by Crippen LogP contribution is -2.31. The molecule has 2 aromatic heterocycles. The fraction of sp³-hybridized carbons (Fsp3) is 0.441. The van der Waals surface area contributed by atoms with Crippen molar-refractivity contribution in [2.24, 2.45) is 0 Å². The number of likely N-dealkylation sites (tertiary alicyclic amines) is 1. The molecule has 1 unspecified atom stereocenters. The van der Waals surface area contributed by atoms with Gasteiger partial charge in [-0.1, -0.05) is 6.07 Å². The number of aromatic nitrogens is 4. The molecule has 0 radical (unpaired) electrons. The Morgan fingerprint density at radius 2 is 1.37 bits per heavy atom. The van der Waals surface area contributed by atoms with Crippen molar-refractivity contribution in [3.63, 3.8) is 0 Å². The van der Waals surface area contributed by atoms with Crippen LogP contribution in [-0.2, 0) is 0 Å². The van der Waals surface area contributed by atoms with Gasteiger partial charge in [-0.3, -0.25) is 38.8 Å². The number of H-pyrrole nitrogens is 2. The molecule has 0 bridgehead atoms. The van der Waals surface area contributed by atoms with Crippen LogP contribution in [0.5, 0.6) is 11.5 Å². The third-order valence-electron chi connectivity index (χ3n) is 7.82. The molecule has 46 heavy (non-hydrogen) atoms. The number of hydrogen-bond donors (Lipinski definition) is 2. The van der Waals surface area contributed by atoms with E-state index < -0.39 is 5.82 Å². The number of carbonyl (C=O) groups excluding carboxylic acids is 1. The summed E-state index contributed by atoms with van der Waals surface area (Å²) in [4.78, 5) is 35.8. The Labute approximate surface area is 267 Å². The van der Waals surface area contributed by atoms with E-state index in [1.165, 1.54) is 38.5 Å². The molecule has 5 rings (SSSR count). The molecule has 1 aliphatic rings. The second-order valence-corrected chi connectivity index (χ2v) is 11.7. The van der Waals surface area contributed by atoms with Gasteiger partial charge in [-0.05, 0) is 85.7 Å². The molecule has 2 aromatic carbocycles. The van der Waals surface area contributed by atoms with Crippen molar-refractivity contribution >= 4 is 6.29 Å². The summed E-state index contributed by atoms with van der Waals surface area (Å²) < 4.78 is 41.1. The third kappa shape index (κ3) is 8.63. The number of halogens is 2. The van der Waals surface area contributed by atoms with Crippen molar-refractivity contribution in [3.05, 3.63) is 103 Å². The summed E-state index contributed by atoms with van der Waals surface area (Å²) in [6.45, 7) is 13.7. The average molecular weight is 642 g/mol. The second-order valence-electron chi connectivity index (χ2n) is 11.7. The molecule has 2 N–H and O–H groups in total. The fourth-order valence-corrected chi connectivity index (χ4v) is 5.54. The van der Waals surface area contributed by atoms with E-state index in [0.717, 1.165) is 37.3 Å². The van der Waals surface area contributed by atoms with Crippen molar-refractivity contribution in [2.75, 3.05) is 27.3 Å². The summed E-state index contributed by atoms with van der Waals surface area (Å²) >= 11 is 0. The predicted molar refractivity (Wildman–Crippen MR) is 174 cm³/mol. The average Bonchev–Trinajstić information content (AvgIpc) is 3.74. The molecule has 1 atom stereocenters. The molecule has 0 saturated carbocycles. The SMILES string of the molecule is COc1ccc(C(c2c(C)n(C(C)C)[nH]c2=O)N2CCCC2)c(F)c1.COc1ccc(C=O)c(F)c1.Cc1cc(=O)[nH]n1C(C)C. The molecule has 1 saturated heterocycles. The summed E-state index contributed by atoms with van der Waals surface area (Å²) in [6, 6.07) is 10.7. The molecule has 10 nitrogen and oxygen atoms in total. The van der Waals surface area contributed by atoms with Crippen molar-refractivity contribution < 1.29 is 23.0 Å². The Bertz CT molecular complexity index is 1710. The van der Waals surface area contributed by atoms with Crippen LogP contribution in [0.15, 0.2) is 52.1 Å². The zero-order chi connectivity index (χ0) is 34.1. The number of nitrogens with one attached hydrogen (secondary N) is 2. The van der Waals surface area contributed by atoms with Gasteiger partial charge in [0.25, 0.3) is 11.1 Å². The fourth-order valence-electron chi connectivity index (χ4n) is 5.54. The van der Waals surface area contributed by atoms with Gasteiger partial charge in [0.05, 0.1) is 31.4 Å². The van der Waals surface area contributed by atoms with Gasteiger partial charge >= 0.3 is 0 Å². The first-order valence-electron chi connectivity index (χ1n) is 15.3. The summed E-state index contributed by atoms with van der Waals surface area (Å²) in [5, 5.41) is 5.62. The number of methoxy groups -OCH3 is 2. The maximum absolute atomic E-state index is 14.8. The Morgan fingerprint density at radius 1 is 0.804 bits per heavy atom. The highest BCUT2D eigenvalue weighted by Crippen LogP contribution is 2.34. The van der Waals surface area contributed by atoms with Crippen LogP contribution in [0.4, 0.5) is 8.78 Å². The minimum Gasteiger partial charge on any atom is -0.497 e. The highest BCUT2D eigenvalue weighted by Gasteiger charge is 2.32. The molecule has 4 aromatic rings. The molecule has 0 amide bonds. The highest BCUT2D eigenvalue weighted by atomic mass is 19.1. The number of rotatable bonds is 8. The zero-order valence-corrected chi connectivity index (χ0v) is 27.8. The van der Waals surface area contributed by atoms with Gasteiger partial charge in [-0.2, -0.15) is 0 Å². The van der Waals surface area contributed by atoms with Gasteiger partial charge in [0, 0.05) is 47.2 Å². The van der Waals surface area contributed by atoms with Crippen LogP contribution in [0.1, 0.15) is 91.5 Å². The van der Waals surface area contributed by atoms with Gasteiger partial charge in [0.1, 0.15) is 23.1 Å². The van der Waals surface area contributed by atoms with Crippen molar-refractivity contribution in [1.82, 2.24) is 24.5 Å². The van der Waals surface area contributed by atoms with E-state index in [4.69, 9.17) is 9.47 Å². The van der Waals surface area contributed by atoms with E-state index in [-0.39, 0.29) is 34.6 Å². The van der Waals surface area contributed by atoms with Crippen molar-refractivity contribution in [2.45, 2.75) is 72.5 Å². The number of nitrogens with zero attached hydrogens (tertiary/aromatic N) is 3. The maximum atomic E-state index is 14.8. The monoisotopic (exact) mass is 641 g/mol. The highest BCUT2D eigenvalue weighted by molar-refractivity contribution is 5.75. The molecule has 3 heterocycles. The van der Waals surface area contributed by atoms with Crippen molar-refractivity contribution in [1.29, 1.82) is 0 Å². The van der Waals surface area contributed by atoms with E-state index in [2.05, 4.69) is 15.1 Å². The molecular formula is C34H45F2N5O5. The van der Waals surface area contributed by atoms with E-state index in [1.807, 2.05) is 50.9 Å². The molecule has 1 aliphatic heterocycles. The lowest BCUT2D eigenvalue weighted by Gasteiger charge is -2.28. The van der Waals surface area contributed by atoms with Crippen LogP contribution in [-0.4, -0.2) is 58.1 Å². The summed E-state index contributed by atoms with van der Waals surface area (Å²) in [5.41, 5.74) is 2.90. The first kappa shape index (κ1) is 36.0. The van der Waals surface area contributed by atoms with Crippen LogP contribution in [0.25, 0.3) is 0 Å². The topological polar surface area (TPSA) is 114 Å². The van der Waals surface area contributed by atoms with Crippen LogP contribution >= 0.6 is 0 Å². The largest absolute Gasteiger partial charge is 0.497 e. The minimum atomic E-state index is -0.556. The zero-order valence-electron chi connectivity index (χ0n) is 27.8. The number of aldehydes is 1. The smallest absolute Gasteiger partial charge is 0.269 e. The van der Waals surface area contributed by atoms with Gasteiger partial charge in [-0.15, -0.1) is 0 Å². The lowest BCUT2D eigenvalue weighted by atomic mass is 9.96. The Morgan fingerprint density at radius 3 is 1.78 bits per heavy atom. The van der Waals surface area contributed by atoms with Crippen LogP contribution < -0.4 is 20.6 Å². The van der Waals surface area contributed by atoms with Crippen LogP contribution in [0.3, 0.4) is 0 Å². The lowest BCUT2D eigenvalue weighted by molar-refractivity contribution is 0.111. The van der Waals surface area contributed by atoms with Crippen molar-refractivity contribution in [3.8, 4) is 11.5 Å². The van der Waals surface area contributed by atoms with Gasteiger partial charge in [-0.25, -0.2) is 8.78 Å². The maximum Gasteiger partial charge on any atom is 0.269 e. The predicted octanol–water partition coefficient (Wildman–Crippen LogP) is 6.11. The number of aryl methyl sites for hydroxylation is 1. The standard InChI is InChI=1S/C19H26FN3O2.C8H7FO2.C7H12N2O/c1-12(2)23-13(3)17(19(24)21-23)18(22-9-5-6-10-22)15-8-7-14(25-4)11-16(15)20;1-11-7-3-2-6(5-10)8(9)4-7;1-5(2)9-6(3)4-7(10)8-9/h7-8,11-12,18H,5-6,9-10H2,1-4H3,(H,21,24);2-5H,1H3;4-5H,1-3H3,(H,8,10). The summed E-state index contributed by atoms with van der Waals surface area (Å²) in [5.74, 6) is -0.00778. The molecule has 12 heteroatoms. The molecule has 0 aliphatic carbocycles. The summed E-state index contributed by atoms with van der Waals surface area (Å²) in [7, 11) is 2.96. The number of carbonyl (C=O) groups is 1. The number of hydrogen-bond acceptors (Lipinski definition) is 6. The second kappa shape index (κ2) is 16.2. The van der Waals surface area contributed by atoms with Gasteiger partial charge < -0.3 is 9.47 Å². The normalized spacial score (nSPS) is 13.6. The van der Waals surface area contributed by atoms with E-state index >= 15 is 0 Å². The first-order chi connectivity index (χ1) is 21.8. The first-order valence-corrected chi connectivity index (χ1v) is 15.3.